The highest BCUT2D eigenvalue weighted by atomic mass is 32.1. The molecule has 0 bridgehead atoms. The maximum atomic E-state index is 13.0. The number of aromatic nitrogens is 2. The van der Waals surface area contributed by atoms with Crippen molar-refractivity contribution in [1.29, 1.82) is 0 Å². The fourth-order valence-corrected chi connectivity index (χ4v) is 4.34. The Morgan fingerprint density at radius 1 is 1.24 bits per heavy atom. The van der Waals surface area contributed by atoms with E-state index in [4.69, 9.17) is 15.6 Å². The summed E-state index contributed by atoms with van der Waals surface area (Å²) in [5.74, 6) is -1.18. The van der Waals surface area contributed by atoms with Crippen molar-refractivity contribution >= 4 is 45.1 Å². The van der Waals surface area contributed by atoms with Gasteiger partial charge in [0, 0.05) is 6.20 Å². The number of nitrogens with two attached hydrogens (primary N) is 1. The maximum absolute atomic E-state index is 13.0. The Morgan fingerprint density at radius 2 is 2.03 bits per heavy atom. The topological polar surface area (TPSA) is 166 Å². The van der Waals surface area contributed by atoms with E-state index in [-0.39, 0.29) is 30.8 Å². The standard InChI is InChI=1S/C23H23F2N5O6S/c24-17(25)12-36-16-8-3-6-13-20(16)37-19(27-13)11-30-10-4-7-15(22(30)33)28-21(32)14(29-23(34)35)5-1-2-9-18(26)31/h2-4,6-10,14,17,29H,1,5,11-12H2,(H2,26,31)(H,28,32)(H,34,35). The van der Waals surface area contributed by atoms with Crippen molar-refractivity contribution in [3.05, 3.63) is 64.0 Å². The molecule has 11 nitrogen and oxygen atoms in total. The molecule has 0 spiro atoms. The number of amides is 3. The van der Waals surface area contributed by atoms with E-state index in [1.54, 1.807) is 18.2 Å². The van der Waals surface area contributed by atoms with Crippen LogP contribution in [0.15, 0.2) is 53.5 Å². The van der Waals surface area contributed by atoms with Crippen LogP contribution in [0.1, 0.15) is 17.8 Å². The zero-order valence-corrected chi connectivity index (χ0v) is 20.0. The number of alkyl halides is 2. The van der Waals surface area contributed by atoms with Crippen LogP contribution in [0, 0.1) is 0 Å². The van der Waals surface area contributed by atoms with Crippen molar-refractivity contribution in [2.75, 3.05) is 11.9 Å². The number of allylic oxidation sites excluding steroid dienone is 1. The lowest BCUT2D eigenvalue weighted by molar-refractivity contribution is -0.118. The molecule has 0 aliphatic heterocycles. The normalized spacial score (nSPS) is 12.1. The van der Waals surface area contributed by atoms with Gasteiger partial charge >= 0.3 is 6.09 Å². The molecule has 0 aliphatic rings. The highest BCUT2D eigenvalue weighted by molar-refractivity contribution is 7.19. The molecular formula is C23H23F2N5O6S. The summed E-state index contributed by atoms with van der Waals surface area (Å²) in [6.07, 6.45) is 0.129. The Bertz CT molecular complexity index is 1370. The average Bonchev–Trinajstić information content (AvgIpc) is 3.24. The van der Waals surface area contributed by atoms with Crippen LogP contribution >= 0.6 is 11.3 Å². The van der Waals surface area contributed by atoms with Crippen LogP contribution in [-0.4, -0.2) is 51.6 Å². The first-order chi connectivity index (χ1) is 17.6. The first-order valence-corrected chi connectivity index (χ1v) is 11.7. The van der Waals surface area contributed by atoms with Crippen LogP contribution in [0.4, 0.5) is 19.3 Å². The van der Waals surface area contributed by atoms with E-state index in [1.807, 2.05) is 0 Å². The molecule has 3 rings (SSSR count). The molecule has 5 N–H and O–H groups in total. The number of carbonyl (C=O) groups is 3. The van der Waals surface area contributed by atoms with Gasteiger partial charge in [-0.05, 0) is 43.2 Å². The minimum atomic E-state index is -2.63. The number of benzene rings is 1. The number of carbonyl (C=O) groups excluding carboxylic acids is 2. The average molecular weight is 536 g/mol. The second-order valence-electron chi connectivity index (χ2n) is 7.64. The summed E-state index contributed by atoms with van der Waals surface area (Å²) in [6.45, 7) is -0.725. The number of primary amides is 1. The number of thiazole rings is 1. The van der Waals surface area contributed by atoms with Crippen molar-refractivity contribution < 1.29 is 33.0 Å². The molecule has 1 unspecified atom stereocenters. The predicted octanol–water partition coefficient (Wildman–Crippen LogP) is 2.55. The minimum Gasteiger partial charge on any atom is -0.486 e. The fourth-order valence-electron chi connectivity index (χ4n) is 3.31. The number of halogens is 2. The maximum Gasteiger partial charge on any atom is 0.405 e. The van der Waals surface area contributed by atoms with E-state index in [9.17, 15) is 28.0 Å². The number of anilines is 1. The van der Waals surface area contributed by atoms with Crippen LogP contribution in [0.5, 0.6) is 5.75 Å². The smallest absolute Gasteiger partial charge is 0.405 e. The molecule has 0 fully saturated rings. The van der Waals surface area contributed by atoms with Crippen molar-refractivity contribution in [2.24, 2.45) is 5.73 Å². The summed E-state index contributed by atoms with van der Waals surface area (Å²) in [5, 5.41) is 14.1. The molecule has 14 heteroatoms. The Balaban J connectivity index is 1.76. The number of ether oxygens (including phenoxy) is 1. The molecule has 2 heterocycles. The molecule has 3 amide bonds. The summed E-state index contributed by atoms with van der Waals surface area (Å²) in [6, 6.07) is 6.57. The van der Waals surface area contributed by atoms with Crippen LogP contribution in [0.25, 0.3) is 10.2 Å². The first-order valence-electron chi connectivity index (χ1n) is 10.9. The SMILES string of the molecule is NC(=O)C=CCCC(NC(=O)O)C(=O)Nc1cccn(Cc2nc3cccc(OCC(F)F)c3s2)c1=O. The Hall–Kier alpha value is -4.33. The molecule has 3 aromatic rings. The van der Waals surface area contributed by atoms with Crippen LogP contribution < -0.4 is 26.7 Å². The predicted molar refractivity (Wildman–Crippen MR) is 132 cm³/mol. The van der Waals surface area contributed by atoms with E-state index >= 15 is 0 Å². The van der Waals surface area contributed by atoms with Gasteiger partial charge < -0.3 is 30.8 Å². The monoisotopic (exact) mass is 535 g/mol. The summed E-state index contributed by atoms with van der Waals surface area (Å²) in [5.41, 5.74) is 4.88. The molecule has 0 saturated carbocycles. The fraction of sp³-hybridized carbons (Fsp3) is 0.261. The second kappa shape index (κ2) is 12.6. The molecule has 37 heavy (non-hydrogen) atoms. The van der Waals surface area contributed by atoms with Crippen LogP contribution in [-0.2, 0) is 16.1 Å². The first kappa shape index (κ1) is 27.3. The number of nitrogens with one attached hydrogen (secondary N) is 2. The van der Waals surface area contributed by atoms with Gasteiger partial charge in [-0.15, -0.1) is 11.3 Å². The lowest BCUT2D eigenvalue weighted by Crippen LogP contribution is -2.44. The number of pyridine rings is 1. The van der Waals surface area contributed by atoms with Crippen molar-refractivity contribution in [3.8, 4) is 5.75 Å². The number of rotatable bonds is 12. The van der Waals surface area contributed by atoms with E-state index in [0.29, 0.717) is 15.2 Å². The van der Waals surface area contributed by atoms with Crippen molar-refractivity contribution in [2.45, 2.75) is 31.9 Å². The third-order valence-electron chi connectivity index (χ3n) is 4.89. The molecule has 0 radical (unpaired) electrons. The van der Waals surface area contributed by atoms with Gasteiger partial charge in [0.1, 0.15) is 29.1 Å². The van der Waals surface area contributed by atoms with Gasteiger partial charge in [0.05, 0.1) is 16.8 Å². The molecule has 0 saturated heterocycles. The third-order valence-corrected chi connectivity index (χ3v) is 5.96. The number of hydrogen-bond donors (Lipinski definition) is 4. The van der Waals surface area contributed by atoms with E-state index in [1.165, 1.54) is 40.3 Å². The van der Waals surface area contributed by atoms with E-state index in [2.05, 4.69) is 15.6 Å². The number of hydrogen-bond acceptors (Lipinski definition) is 7. The summed E-state index contributed by atoms with van der Waals surface area (Å²) in [7, 11) is 0. The molecule has 2 aromatic heterocycles. The molecule has 0 aliphatic carbocycles. The van der Waals surface area contributed by atoms with Crippen LogP contribution in [0.3, 0.4) is 0 Å². The third kappa shape index (κ3) is 7.83. The van der Waals surface area contributed by atoms with Crippen LogP contribution in [0.2, 0.25) is 0 Å². The Labute approximate surface area is 212 Å². The van der Waals surface area contributed by atoms with Gasteiger partial charge in [0.2, 0.25) is 11.8 Å². The quantitative estimate of drug-likeness (QED) is 0.259. The summed E-state index contributed by atoms with van der Waals surface area (Å²) >= 11 is 1.18. The highest BCUT2D eigenvalue weighted by Gasteiger charge is 2.21. The van der Waals surface area contributed by atoms with Gasteiger partial charge in [-0.3, -0.25) is 14.4 Å². The van der Waals surface area contributed by atoms with Gasteiger partial charge in [-0.25, -0.2) is 18.6 Å². The van der Waals surface area contributed by atoms with Gasteiger partial charge in [0.25, 0.3) is 12.0 Å². The Kier molecular flexibility index (Phi) is 9.27. The van der Waals surface area contributed by atoms with Gasteiger partial charge in [-0.1, -0.05) is 12.1 Å². The largest absolute Gasteiger partial charge is 0.486 e. The number of nitrogens with zero attached hydrogens (tertiary/aromatic N) is 2. The lowest BCUT2D eigenvalue weighted by Gasteiger charge is -2.16. The van der Waals surface area contributed by atoms with Gasteiger partial charge in [-0.2, -0.15) is 0 Å². The summed E-state index contributed by atoms with van der Waals surface area (Å²) in [4.78, 5) is 52.0. The van der Waals surface area contributed by atoms with Crippen molar-refractivity contribution in [3.63, 3.8) is 0 Å². The Morgan fingerprint density at radius 3 is 2.73 bits per heavy atom. The van der Waals surface area contributed by atoms with Crippen molar-refractivity contribution in [1.82, 2.24) is 14.9 Å². The number of fused-ring (bicyclic) bond motifs is 1. The minimum absolute atomic E-state index is 0.0185. The zero-order valence-electron chi connectivity index (χ0n) is 19.2. The lowest BCUT2D eigenvalue weighted by atomic mass is 10.1. The molecule has 1 atom stereocenters. The highest BCUT2D eigenvalue weighted by Crippen LogP contribution is 2.31. The molecule has 1 aromatic carbocycles. The molecular weight excluding hydrogens is 512 g/mol. The second-order valence-corrected chi connectivity index (χ2v) is 8.73. The summed E-state index contributed by atoms with van der Waals surface area (Å²) < 4.78 is 32.1. The molecule has 196 valence electrons. The van der Waals surface area contributed by atoms with E-state index < -0.39 is 42.5 Å². The zero-order chi connectivity index (χ0) is 26.9. The van der Waals surface area contributed by atoms with E-state index in [0.717, 1.165) is 6.08 Å². The van der Waals surface area contributed by atoms with Gasteiger partial charge in [0.15, 0.2) is 0 Å². The number of carboxylic acid groups (broad SMARTS) is 1.